The van der Waals surface area contributed by atoms with Crippen molar-refractivity contribution in [1.29, 1.82) is 0 Å². The molecule has 0 fully saturated rings. The largest absolute Gasteiger partial charge is 0.380 e. The fraction of sp³-hybridized carbons (Fsp3) is 0.286. The second kappa shape index (κ2) is 3.68. The second-order valence-corrected chi connectivity index (χ2v) is 2.38. The Hall–Kier alpha value is -0.410. The van der Waals surface area contributed by atoms with Crippen LogP contribution in [0.1, 0.15) is 12.4 Å². The summed E-state index contributed by atoms with van der Waals surface area (Å²) in [6.07, 6.45) is 1.36. The summed E-state index contributed by atoms with van der Waals surface area (Å²) in [5.41, 5.74) is 0.0977. The third kappa shape index (κ3) is 2.08. The van der Waals surface area contributed by atoms with E-state index in [4.69, 9.17) is 6.85 Å². The molecule has 3 heteroatoms. The first-order valence-corrected chi connectivity index (χ1v) is 3.32. The predicted molar refractivity (Wildman–Crippen MR) is 42.7 cm³/mol. The molecule has 0 radical (unpaired) electrons. The molecule has 54 valence electrons. The molecule has 1 aromatic rings. The molecular formula is C7H8BrNO. The number of halogens is 1. The molecule has 0 spiro atoms. The molecule has 0 aliphatic heterocycles. The molecule has 0 bridgehead atoms. The van der Waals surface area contributed by atoms with Gasteiger partial charge in [-0.1, -0.05) is 0 Å². The van der Waals surface area contributed by atoms with E-state index in [1.54, 1.807) is 0 Å². The number of hydrogen-bond donors (Lipinski definition) is 0. The normalized spacial score (nSPS) is 19.9. The Morgan fingerprint density at radius 2 is 2.90 bits per heavy atom. The molecule has 2 nitrogen and oxygen atoms in total. The monoisotopic (exact) mass is 206 g/mol. The lowest BCUT2D eigenvalue weighted by Crippen LogP contribution is -1.87. The Balaban J connectivity index is 2.95. The van der Waals surface area contributed by atoms with Gasteiger partial charge in [-0.05, 0) is 33.6 Å². The van der Waals surface area contributed by atoms with Gasteiger partial charge in [-0.2, -0.15) is 0 Å². The molecule has 1 rings (SSSR count). The number of ether oxygens (including phenoxy) is 1. The lowest BCUT2D eigenvalue weighted by Gasteiger charge is -1.97. The molecule has 0 saturated carbocycles. The van der Waals surface area contributed by atoms with Gasteiger partial charge in [-0.3, -0.25) is 0 Å². The van der Waals surface area contributed by atoms with Crippen LogP contribution in [0, 0.1) is 0 Å². The van der Waals surface area contributed by atoms with Gasteiger partial charge >= 0.3 is 0 Å². The number of hydrogen-bond acceptors (Lipinski definition) is 2. The quantitative estimate of drug-likeness (QED) is 0.692. The molecule has 0 aliphatic carbocycles. The predicted octanol–water partition coefficient (Wildman–Crippen LogP) is 1.99. The van der Waals surface area contributed by atoms with E-state index < -0.39 is 13.6 Å². The smallest absolute Gasteiger partial charge is 0.106 e. The molecule has 10 heavy (non-hydrogen) atoms. The molecule has 0 aromatic carbocycles. The summed E-state index contributed by atoms with van der Waals surface area (Å²) in [7, 11) is -2.78. The van der Waals surface area contributed by atoms with Crippen LogP contribution >= 0.6 is 15.9 Å². The van der Waals surface area contributed by atoms with E-state index in [2.05, 4.69) is 25.7 Å². The average molecular weight is 207 g/mol. The Morgan fingerprint density at radius 3 is 3.60 bits per heavy atom. The van der Waals surface area contributed by atoms with Crippen molar-refractivity contribution in [2.75, 3.05) is 7.04 Å². The van der Waals surface area contributed by atoms with Crippen molar-refractivity contribution in [1.82, 2.24) is 4.98 Å². The van der Waals surface area contributed by atoms with E-state index in [9.17, 15) is 0 Å². The van der Waals surface area contributed by atoms with Gasteiger partial charge in [0.1, 0.15) is 4.60 Å². The lowest BCUT2D eigenvalue weighted by molar-refractivity contribution is 0.185. The van der Waals surface area contributed by atoms with Gasteiger partial charge < -0.3 is 4.74 Å². The van der Waals surface area contributed by atoms with E-state index in [0.29, 0.717) is 4.60 Å². The van der Waals surface area contributed by atoms with Crippen molar-refractivity contribution >= 4 is 15.9 Å². The maximum atomic E-state index is 7.46. The van der Waals surface area contributed by atoms with Crippen LogP contribution in [-0.4, -0.2) is 12.0 Å². The van der Waals surface area contributed by atoms with E-state index in [0.717, 1.165) is 0 Å². The van der Waals surface area contributed by atoms with Gasteiger partial charge in [0.05, 0.1) is 13.4 Å². The van der Waals surface area contributed by atoms with E-state index in [1.807, 2.05) is 0 Å². The zero-order chi connectivity index (χ0) is 11.7. The summed E-state index contributed by atoms with van der Waals surface area (Å²) < 4.78 is 40.2. The van der Waals surface area contributed by atoms with E-state index >= 15 is 0 Å². The number of methoxy groups -OCH3 is 1. The minimum atomic E-state index is -2.78. The van der Waals surface area contributed by atoms with Crippen LogP contribution in [0.5, 0.6) is 0 Å². The Bertz CT molecular complexity index is 353. The SMILES string of the molecule is [2H]C([2H])([2H])OC([2H])([2H])c1ccnc(Br)c1. The van der Waals surface area contributed by atoms with Crippen molar-refractivity contribution in [2.45, 2.75) is 6.56 Å². The van der Waals surface area contributed by atoms with Crippen LogP contribution in [-0.2, 0) is 11.3 Å². The van der Waals surface area contributed by atoms with Crippen LogP contribution in [0.3, 0.4) is 0 Å². The van der Waals surface area contributed by atoms with Crippen LogP contribution in [0.4, 0.5) is 0 Å². The molecule has 1 aromatic heterocycles. The Labute approximate surface area is 75.4 Å². The number of pyridine rings is 1. The molecule has 1 heterocycles. The maximum absolute atomic E-state index is 7.46. The van der Waals surface area contributed by atoms with Crippen LogP contribution in [0.15, 0.2) is 22.9 Å². The maximum Gasteiger partial charge on any atom is 0.106 e. The molecule has 0 aliphatic rings. The van der Waals surface area contributed by atoms with Gasteiger partial charge in [0.25, 0.3) is 0 Å². The van der Waals surface area contributed by atoms with Gasteiger partial charge in [-0.25, -0.2) is 4.98 Å². The van der Waals surface area contributed by atoms with Crippen molar-refractivity contribution in [2.24, 2.45) is 0 Å². The molecule has 0 N–H and O–H groups in total. The topological polar surface area (TPSA) is 22.1 Å². The second-order valence-electron chi connectivity index (χ2n) is 1.57. The van der Waals surface area contributed by atoms with E-state index in [-0.39, 0.29) is 5.56 Å². The highest BCUT2D eigenvalue weighted by molar-refractivity contribution is 9.10. The van der Waals surface area contributed by atoms with Crippen LogP contribution < -0.4 is 0 Å². The summed E-state index contributed by atoms with van der Waals surface area (Å²) in [4.78, 5) is 3.80. The Kier molecular flexibility index (Phi) is 1.22. The average Bonchev–Trinajstić information content (AvgIpc) is 1.99. The highest BCUT2D eigenvalue weighted by Gasteiger charge is 1.91. The number of nitrogens with zero attached hydrogens (tertiary/aromatic N) is 1. The Morgan fingerprint density at radius 1 is 2.00 bits per heavy atom. The van der Waals surface area contributed by atoms with Gasteiger partial charge in [-0.15, -0.1) is 0 Å². The van der Waals surface area contributed by atoms with Crippen molar-refractivity contribution < 1.29 is 11.6 Å². The third-order valence-corrected chi connectivity index (χ3v) is 1.33. The first-order chi connectivity index (χ1) is 6.71. The lowest BCUT2D eigenvalue weighted by atomic mass is 10.3. The van der Waals surface area contributed by atoms with Gasteiger partial charge in [0, 0.05) is 13.2 Å². The zero-order valence-electron chi connectivity index (χ0n) is 9.97. The van der Waals surface area contributed by atoms with Crippen molar-refractivity contribution in [3.8, 4) is 0 Å². The summed E-state index contributed by atoms with van der Waals surface area (Å²) in [6.45, 7) is -2.36. The molecule has 0 atom stereocenters. The third-order valence-electron chi connectivity index (χ3n) is 0.895. The fourth-order valence-electron chi connectivity index (χ4n) is 0.525. The highest BCUT2D eigenvalue weighted by atomic mass is 79.9. The van der Waals surface area contributed by atoms with Crippen molar-refractivity contribution in [3.63, 3.8) is 0 Å². The first kappa shape index (κ1) is 3.32. The molecular weight excluding hydrogens is 194 g/mol. The number of rotatable bonds is 2. The standard InChI is InChI=1S/C7H8BrNO/c1-10-5-6-2-3-9-7(8)4-6/h2-4H,5H2,1H3/i1D3,5D2. The van der Waals surface area contributed by atoms with Crippen LogP contribution in [0.2, 0.25) is 0 Å². The minimum absolute atomic E-state index is 0.0977. The number of aromatic nitrogens is 1. The highest BCUT2D eigenvalue weighted by Crippen LogP contribution is 2.08. The summed E-state index contributed by atoms with van der Waals surface area (Å²) >= 11 is 3.06. The van der Waals surface area contributed by atoms with Gasteiger partial charge in [0.2, 0.25) is 0 Å². The zero-order valence-corrected chi connectivity index (χ0v) is 6.55. The summed E-state index contributed by atoms with van der Waals surface area (Å²) in [5, 5.41) is 0. The molecule has 0 unspecified atom stereocenters. The summed E-state index contributed by atoms with van der Waals surface area (Å²) in [5.74, 6) is 0. The summed E-state index contributed by atoms with van der Waals surface area (Å²) in [6, 6.07) is 2.72. The minimum Gasteiger partial charge on any atom is -0.380 e. The molecule has 0 amide bonds. The van der Waals surface area contributed by atoms with Crippen molar-refractivity contribution in [3.05, 3.63) is 28.5 Å². The van der Waals surface area contributed by atoms with Gasteiger partial charge in [0.15, 0.2) is 0 Å². The van der Waals surface area contributed by atoms with Crippen LogP contribution in [0.25, 0.3) is 0 Å². The molecule has 0 saturated heterocycles. The fourth-order valence-corrected chi connectivity index (χ4v) is 0.890. The van der Waals surface area contributed by atoms with E-state index in [1.165, 1.54) is 18.3 Å². The first-order valence-electron chi connectivity index (χ1n) is 5.03.